The Morgan fingerprint density at radius 3 is 2.22 bits per heavy atom. The summed E-state index contributed by atoms with van der Waals surface area (Å²) in [5, 5.41) is 3.55. The number of amides is 2. The molecule has 1 N–H and O–H groups in total. The number of rotatable bonds is 7. The smallest absolute Gasteiger partial charge is 0.255 e. The number of aromatic nitrogens is 1. The Labute approximate surface area is 219 Å². The Balaban J connectivity index is 1.22. The van der Waals surface area contributed by atoms with Crippen LogP contribution in [0.4, 0.5) is 5.69 Å². The minimum atomic E-state index is -0.170. The monoisotopic (exact) mass is 513 g/mol. The molecule has 180 valence electrons. The molecule has 1 fully saturated rings. The second kappa shape index (κ2) is 11.0. The summed E-state index contributed by atoms with van der Waals surface area (Å²) in [6, 6.07) is 26.9. The van der Waals surface area contributed by atoms with Gasteiger partial charge in [0.15, 0.2) is 0 Å². The van der Waals surface area contributed by atoms with E-state index in [1.807, 2.05) is 89.8 Å². The minimum Gasteiger partial charge on any atom is -0.322 e. The molecule has 1 aliphatic rings. The SMILES string of the molecule is O=C(Nc1ccc(Cc2ccncc2)cc1)c1ccc([C@@H]2SCC(=O)N2Cc2ccc(Cl)cc2)cc1. The quantitative estimate of drug-likeness (QED) is 0.312. The fourth-order valence-corrected chi connectivity index (χ4v) is 5.45. The number of anilines is 1. The molecule has 0 unspecified atom stereocenters. The van der Waals surface area contributed by atoms with Gasteiger partial charge in [0.05, 0.1) is 5.75 Å². The van der Waals surface area contributed by atoms with Gasteiger partial charge in [-0.3, -0.25) is 14.6 Å². The second-order valence-electron chi connectivity index (χ2n) is 8.62. The molecule has 1 atom stereocenters. The zero-order valence-electron chi connectivity index (χ0n) is 19.4. The number of hydrogen-bond acceptors (Lipinski definition) is 4. The average Bonchev–Trinajstić information content (AvgIpc) is 3.27. The molecule has 36 heavy (non-hydrogen) atoms. The average molecular weight is 514 g/mol. The van der Waals surface area contributed by atoms with Crippen molar-refractivity contribution in [1.82, 2.24) is 9.88 Å². The Morgan fingerprint density at radius 1 is 0.889 bits per heavy atom. The molecule has 7 heteroatoms. The highest BCUT2D eigenvalue weighted by atomic mass is 35.5. The summed E-state index contributed by atoms with van der Waals surface area (Å²) in [5.41, 5.74) is 5.69. The van der Waals surface area contributed by atoms with E-state index in [1.54, 1.807) is 24.2 Å². The van der Waals surface area contributed by atoms with Gasteiger partial charge >= 0.3 is 0 Å². The fraction of sp³-hybridized carbons (Fsp3) is 0.138. The van der Waals surface area contributed by atoms with E-state index in [-0.39, 0.29) is 17.2 Å². The Morgan fingerprint density at radius 2 is 1.53 bits per heavy atom. The van der Waals surface area contributed by atoms with Crippen LogP contribution >= 0.6 is 23.4 Å². The van der Waals surface area contributed by atoms with Crippen molar-refractivity contribution in [3.63, 3.8) is 0 Å². The van der Waals surface area contributed by atoms with Crippen molar-refractivity contribution in [3.8, 4) is 0 Å². The minimum absolute atomic E-state index is 0.0850. The summed E-state index contributed by atoms with van der Waals surface area (Å²) in [7, 11) is 0. The molecular formula is C29H24ClN3O2S. The maximum absolute atomic E-state index is 12.8. The summed E-state index contributed by atoms with van der Waals surface area (Å²) < 4.78 is 0. The third-order valence-electron chi connectivity index (χ3n) is 6.06. The Kier molecular flexibility index (Phi) is 7.35. The largest absolute Gasteiger partial charge is 0.322 e. The topological polar surface area (TPSA) is 62.3 Å². The number of carbonyl (C=O) groups is 2. The first-order chi connectivity index (χ1) is 17.5. The van der Waals surface area contributed by atoms with Gasteiger partial charge in [-0.2, -0.15) is 0 Å². The molecule has 0 aliphatic carbocycles. The molecule has 2 amide bonds. The van der Waals surface area contributed by atoms with E-state index in [9.17, 15) is 9.59 Å². The van der Waals surface area contributed by atoms with Gasteiger partial charge < -0.3 is 10.2 Å². The van der Waals surface area contributed by atoms with Gasteiger partial charge in [0.1, 0.15) is 5.37 Å². The van der Waals surface area contributed by atoms with Gasteiger partial charge in [-0.05, 0) is 77.2 Å². The molecular weight excluding hydrogens is 490 g/mol. The number of halogens is 1. The second-order valence-corrected chi connectivity index (χ2v) is 10.1. The molecule has 0 saturated carbocycles. The number of nitrogens with zero attached hydrogens (tertiary/aromatic N) is 2. The van der Waals surface area contributed by atoms with Crippen molar-refractivity contribution in [2.75, 3.05) is 11.1 Å². The predicted octanol–water partition coefficient (Wildman–Crippen LogP) is 6.35. The lowest BCUT2D eigenvalue weighted by Gasteiger charge is -2.24. The van der Waals surface area contributed by atoms with Crippen molar-refractivity contribution in [3.05, 3.63) is 130 Å². The molecule has 5 nitrogen and oxygen atoms in total. The maximum atomic E-state index is 12.8. The summed E-state index contributed by atoms with van der Waals surface area (Å²) in [6.45, 7) is 0.521. The Bertz CT molecular complexity index is 1340. The van der Waals surface area contributed by atoms with Gasteiger partial charge in [0.25, 0.3) is 5.91 Å². The number of pyridine rings is 1. The molecule has 1 aliphatic heterocycles. The van der Waals surface area contributed by atoms with E-state index in [0.29, 0.717) is 22.9 Å². The molecule has 3 aromatic carbocycles. The number of thioether (sulfide) groups is 1. The van der Waals surface area contributed by atoms with E-state index in [4.69, 9.17) is 11.6 Å². The summed E-state index contributed by atoms with van der Waals surface area (Å²) in [5.74, 6) is 0.378. The molecule has 1 saturated heterocycles. The molecule has 1 aromatic heterocycles. The number of benzene rings is 3. The zero-order valence-corrected chi connectivity index (χ0v) is 21.0. The van der Waals surface area contributed by atoms with Gasteiger partial charge in [0, 0.05) is 35.2 Å². The van der Waals surface area contributed by atoms with E-state index >= 15 is 0 Å². The van der Waals surface area contributed by atoms with E-state index in [1.165, 1.54) is 5.56 Å². The van der Waals surface area contributed by atoms with Crippen LogP contribution in [-0.2, 0) is 17.8 Å². The van der Waals surface area contributed by atoms with E-state index in [0.717, 1.165) is 28.8 Å². The number of carbonyl (C=O) groups excluding carboxylic acids is 2. The maximum Gasteiger partial charge on any atom is 0.255 e. The van der Waals surface area contributed by atoms with Gasteiger partial charge in [0.2, 0.25) is 5.91 Å². The van der Waals surface area contributed by atoms with Crippen molar-refractivity contribution < 1.29 is 9.59 Å². The van der Waals surface area contributed by atoms with Gasteiger partial charge in [-0.25, -0.2) is 0 Å². The van der Waals surface area contributed by atoms with Crippen LogP contribution in [0.1, 0.15) is 38.0 Å². The van der Waals surface area contributed by atoms with Gasteiger partial charge in [-0.15, -0.1) is 11.8 Å². The molecule has 0 radical (unpaired) electrons. The van der Waals surface area contributed by atoms with Crippen molar-refractivity contribution in [2.45, 2.75) is 18.3 Å². The van der Waals surface area contributed by atoms with E-state index in [2.05, 4.69) is 10.3 Å². The number of hydrogen-bond donors (Lipinski definition) is 1. The first-order valence-corrected chi connectivity index (χ1v) is 13.0. The van der Waals surface area contributed by atoms with Crippen LogP contribution in [0.15, 0.2) is 97.3 Å². The van der Waals surface area contributed by atoms with Crippen LogP contribution in [0, 0.1) is 0 Å². The molecule has 0 spiro atoms. The molecule has 5 rings (SSSR count). The van der Waals surface area contributed by atoms with Crippen LogP contribution in [0.2, 0.25) is 5.02 Å². The highest BCUT2D eigenvalue weighted by Crippen LogP contribution is 2.39. The highest BCUT2D eigenvalue weighted by molar-refractivity contribution is 8.00. The summed E-state index contributed by atoms with van der Waals surface area (Å²) in [4.78, 5) is 31.3. The van der Waals surface area contributed by atoms with Crippen LogP contribution < -0.4 is 5.32 Å². The molecule has 4 aromatic rings. The normalized spacial score (nSPS) is 15.2. The van der Waals surface area contributed by atoms with Crippen LogP contribution in [0.25, 0.3) is 0 Å². The van der Waals surface area contributed by atoms with Gasteiger partial charge in [-0.1, -0.05) is 48.0 Å². The number of nitrogens with one attached hydrogen (secondary N) is 1. The third kappa shape index (κ3) is 5.78. The fourth-order valence-electron chi connectivity index (χ4n) is 4.13. The Hall–Kier alpha value is -3.61. The third-order valence-corrected chi connectivity index (χ3v) is 7.57. The summed E-state index contributed by atoms with van der Waals surface area (Å²) >= 11 is 7.59. The standard InChI is InChI=1S/C29H24ClN3O2S/c30-25-9-1-22(2-10-25)18-33-27(34)19-36-29(33)24-7-5-23(6-8-24)28(35)32-26-11-3-20(4-12-26)17-21-13-15-31-16-14-21/h1-16,29H,17-19H2,(H,32,35)/t29-/m0/s1. The zero-order chi connectivity index (χ0) is 24.9. The van der Waals surface area contributed by atoms with Crippen LogP contribution in [0.3, 0.4) is 0 Å². The van der Waals surface area contributed by atoms with Crippen molar-refractivity contribution in [2.24, 2.45) is 0 Å². The highest BCUT2D eigenvalue weighted by Gasteiger charge is 2.32. The molecule has 2 heterocycles. The predicted molar refractivity (Wildman–Crippen MR) is 145 cm³/mol. The first kappa shape index (κ1) is 24.1. The van der Waals surface area contributed by atoms with Crippen molar-refractivity contribution in [1.29, 1.82) is 0 Å². The lowest BCUT2D eigenvalue weighted by molar-refractivity contribution is -0.128. The lowest BCUT2D eigenvalue weighted by Crippen LogP contribution is -2.27. The van der Waals surface area contributed by atoms with Crippen molar-refractivity contribution >= 4 is 40.9 Å². The van der Waals surface area contributed by atoms with E-state index < -0.39 is 0 Å². The van der Waals surface area contributed by atoms with Crippen LogP contribution in [0.5, 0.6) is 0 Å². The van der Waals surface area contributed by atoms with Crippen LogP contribution in [-0.4, -0.2) is 27.5 Å². The summed E-state index contributed by atoms with van der Waals surface area (Å²) in [6.07, 6.45) is 4.39. The molecule has 0 bridgehead atoms. The lowest BCUT2D eigenvalue weighted by atomic mass is 10.1. The first-order valence-electron chi connectivity index (χ1n) is 11.6.